The lowest BCUT2D eigenvalue weighted by Gasteiger charge is -2.10. The first-order valence-electron chi connectivity index (χ1n) is 23.2. The average molecular weight is 883 g/mol. The van der Waals surface area contributed by atoms with E-state index in [1.165, 1.54) is 21.9 Å². The highest BCUT2D eigenvalue weighted by atomic mass is 16.3. The summed E-state index contributed by atoms with van der Waals surface area (Å²) in [5.74, 6) is 1.78. The summed E-state index contributed by atoms with van der Waals surface area (Å²) < 4.78 is 15.8. The fourth-order valence-electron chi connectivity index (χ4n) is 10.2. The van der Waals surface area contributed by atoms with Crippen LogP contribution in [0.1, 0.15) is 0 Å². The highest BCUT2D eigenvalue weighted by Gasteiger charge is 2.21. The van der Waals surface area contributed by atoms with Crippen molar-refractivity contribution in [2.75, 3.05) is 0 Å². The van der Waals surface area contributed by atoms with Crippen molar-refractivity contribution in [2.45, 2.75) is 0 Å². The van der Waals surface area contributed by atoms with Gasteiger partial charge in [-0.05, 0) is 82.4 Å². The van der Waals surface area contributed by atoms with Gasteiger partial charge in [-0.3, -0.25) is 0 Å². The zero-order valence-electron chi connectivity index (χ0n) is 37.0. The van der Waals surface area contributed by atoms with Crippen LogP contribution in [-0.2, 0) is 0 Å². The van der Waals surface area contributed by atoms with E-state index >= 15 is 0 Å². The van der Waals surface area contributed by atoms with Gasteiger partial charge in [-0.15, -0.1) is 0 Å². The van der Waals surface area contributed by atoms with Crippen LogP contribution in [0.3, 0.4) is 0 Å². The van der Waals surface area contributed by atoms with Crippen LogP contribution in [0, 0.1) is 0 Å². The summed E-state index contributed by atoms with van der Waals surface area (Å²) in [5, 5.41) is 6.48. The average Bonchev–Trinajstić information content (AvgIpc) is 4.10. The molecular weight excluding hydrogens is 845 g/mol. The van der Waals surface area contributed by atoms with Crippen molar-refractivity contribution in [1.82, 2.24) is 19.5 Å². The van der Waals surface area contributed by atoms with E-state index < -0.39 is 0 Å². The van der Waals surface area contributed by atoms with Crippen LogP contribution in [0.2, 0.25) is 0 Å². The van der Waals surface area contributed by atoms with Gasteiger partial charge in [0.1, 0.15) is 22.3 Å². The van der Waals surface area contributed by atoms with Crippen LogP contribution < -0.4 is 0 Å². The Morgan fingerprint density at radius 1 is 0.290 bits per heavy atom. The summed E-state index contributed by atoms with van der Waals surface area (Å²) in [6, 6.07) is 80.4. The largest absolute Gasteiger partial charge is 0.456 e. The Morgan fingerprint density at radius 3 is 1.65 bits per heavy atom. The third-order valence-electron chi connectivity index (χ3n) is 13.5. The number of benzene rings is 10. The van der Waals surface area contributed by atoms with Crippen LogP contribution in [0.5, 0.6) is 0 Å². The maximum absolute atomic E-state index is 6.76. The van der Waals surface area contributed by atoms with E-state index in [2.05, 4.69) is 187 Å². The molecule has 0 fully saturated rings. The van der Waals surface area contributed by atoms with Gasteiger partial charge < -0.3 is 13.4 Å². The molecular formula is C63H38N4O2. The first-order chi connectivity index (χ1) is 34.2. The second-order valence-corrected chi connectivity index (χ2v) is 17.5. The second-order valence-electron chi connectivity index (χ2n) is 17.5. The van der Waals surface area contributed by atoms with Crippen LogP contribution in [0.15, 0.2) is 239 Å². The fourth-order valence-corrected chi connectivity index (χ4v) is 10.2. The molecule has 0 aliphatic rings. The Kier molecular flexibility index (Phi) is 8.79. The zero-order valence-corrected chi connectivity index (χ0v) is 37.0. The fraction of sp³-hybridized carbons (Fsp3) is 0. The van der Waals surface area contributed by atoms with E-state index in [9.17, 15) is 0 Å². The molecule has 0 radical (unpaired) electrons. The van der Waals surface area contributed by atoms with Crippen LogP contribution in [0.25, 0.3) is 139 Å². The number of furan rings is 2. The number of rotatable bonds is 7. The Morgan fingerprint density at radius 2 is 0.870 bits per heavy atom. The number of aromatic nitrogens is 4. The predicted molar refractivity (Wildman–Crippen MR) is 281 cm³/mol. The minimum absolute atomic E-state index is 0.576. The van der Waals surface area contributed by atoms with Crippen LogP contribution >= 0.6 is 0 Å². The maximum atomic E-state index is 6.76. The van der Waals surface area contributed by atoms with E-state index in [4.69, 9.17) is 23.8 Å². The van der Waals surface area contributed by atoms with Gasteiger partial charge in [0.05, 0.1) is 11.0 Å². The topological polar surface area (TPSA) is 69.9 Å². The Balaban J connectivity index is 0.863. The monoisotopic (exact) mass is 882 g/mol. The molecule has 322 valence electrons. The van der Waals surface area contributed by atoms with E-state index in [0.29, 0.717) is 17.5 Å². The van der Waals surface area contributed by atoms with Gasteiger partial charge in [0.2, 0.25) is 0 Å². The van der Waals surface area contributed by atoms with E-state index in [0.717, 1.165) is 99.5 Å². The summed E-state index contributed by atoms with van der Waals surface area (Å²) in [6.07, 6.45) is 0. The lowest BCUT2D eigenvalue weighted by atomic mass is 9.99. The van der Waals surface area contributed by atoms with E-state index in [-0.39, 0.29) is 0 Å². The molecule has 4 aromatic heterocycles. The summed E-state index contributed by atoms with van der Waals surface area (Å²) in [4.78, 5) is 15.3. The van der Waals surface area contributed by atoms with E-state index in [1.807, 2.05) is 48.5 Å². The number of nitrogens with zero attached hydrogens (tertiary/aromatic N) is 4. The molecule has 0 spiro atoms. The molecule has 0 amide bonds. The normalized spacial score (nSPS) is 11.8. The SMILES string of the molecule is c1ccc(-c2ccc(-c3nc(-c4ccccc4)nc(-c4cccc5oc6cc(-c7cccc8c7oc7ccc(-n9c%10ccccc%10c%10cc(-c%11ccccc%11)ccc%109)cc78)ccc6c45)n3)cc2)cc1. The highest BCUT2D eigenvalue weighted by molar-refractivity contribution is 6.15. The van der Waals surface area contributed by atoms with Crippen LogP contribution in [0.4, 0.5) is 0 Å². The summed E-state index contributed by atoms with van der Waals surface area (Å²) in [7, 11) is 0. The molecule has 0 saturated carbocycles. The van der Waals surface area contributed by atoms with Crippen molar-refractivity contribution >= 4 is 65.7 Å². The second kappa shape index (κ2) is 15.6. The lowest BCUT2D eigenvalue weighted by Crippen LogP contribution is -2.00. The van der Waals surface area contributed by atoms with Gasteiger partial charge in [-0.25, -0.2) is 15.0 Å². The maximum Gasteiger partial charge on any atom is 0.164 e. The summed E-state index contributed by atoms with van der Waals surface area (Å²) in [6.45, 7) is 0. The Hall–Kier alpha value is -9.39. The molecule has 10 aromatic carbocycles. The first kappa shape index (κ1) is 38.8. The molecule has 0 N–H and O–H groups in total. The molecule has 0 aliphatic carbocycles. The molecule has 69 heavy (non-hydrogen) atoms. The standard InChI is InChI=1S/C63H38N4O2/c1-4-14-39(15-5-1)41-26-28-43(29-27-41)62-64-61(42-18-8-3-9-19-42)65-63(66-62)51-23-13-25-57-59(51)50-33-30-45(37-58(50)68-57)47-21-12-22-49-53-38-46(32-35-56(53)69-60(47)49)67-54-24-11-10-20-48(54)52-36-44(31-34-55(52)67)40-16-6-2-7-17-40/h1-38H. The van der Waals surface area contributed by atoms with Gasteiger partial charge in [0.25, 0.3) is 0 Å². The Labute approximate surface area is 396 Å². The molecule has 0 unspecified atom stereocenters. The van der Waals surface area contributed by atoms with Crippen molar-refractivity contribution in [1.29, 1.82) is 0 Å². The number of fused-ring (bicyclic) bond motifs is 9. The van der Waals surface area contributed by atoms with Gasteiger partial charge in [-0.1, -0.05) is 176 Å². The molecule has 6 heteroatoms. The molecule has 0 saturated heterocycles. The van der Waals surface area contributed by atoms with Crippen molar-refractivity contribution in [2.24, 2.45) is 0 Å². The van der Waals surface area contributed by atoms with E-state index in [1.54, 1.807) is 0 Å². The van der Waals surface area contributed by atoms with Crippen molar-refractivity contribution in [3.05, 3.63) is 231 Å². The third kappa shape index (κ3) is 6.45. The minimum Gasteiger partial charge on any atom is -0.456 e. The predicted octanol–water partition coefficient (Wildman–Crippen LogP) is 16.8. The summed E-state index contributed by atoms with van der Waals surface area (Å²) in [5.41, 5.74) is 16.0. The Bertz CT molecular complexity index is 4290. The van der Waals surface area contributed by atoms with Gasteiger partial charge in [-0.2, -0.15) is 0 Å². The number of hydrogen-bond acceptors (Lipinski definition) is 5. The molecule has 0 aliphatic heterocycles. The van der Waals surface area contributed by atoms with Gasteiger partial charge >= 0.3 is 0 Å². The van der Waals surface area contributed by atoms with Crippen LogP contribution in [-0.4, -0.2) is 19.5 Å². The lowest BCUT2D eigenvalue weighted by molar-refractivity contribution is 0.668. The van der Waals surface area contributed by atoms with Crippen molar-refractivity contribution in [3.63, 3.8) is 0 Å². The van der Waals surface area contributed by atoms with Gasteiger partial charge in [0, 0.05) is 60.3 Å². The quantitative estimate of drug-likeness (QED) is 0.159. The number of para-hydroxylation sites is 2. The molecule has 0 bridgehead atoms. The number of hydrogen-bond donors (Lipinski definition) is 0. The molecule has 14 aromatic rings. The molecule has 6 nitrogen and oxygen atoms in total. The molecule has 14 rings (SSSR count). The smallest absolute Gasteiger partial charge is 0.164 e. The first-order valence-corrected chi connectivity index (χ1v) is 23.2. The molecule has 0 atom stereocenters. The third-order valence-corrected chi connectivity index (χ3v) is 13.5. The zero-order chi connectivity index (χ0) is 45.4. The highest BCUT2D eigenvalue weighted by Crippen LogP contribution is 2.42. The minimum atomic E-state index is 0.576. The van der Waals surface area contributed by atoms with Crippen molar-refractivity contribution < 1.29 is 8.83 Å². The van der Waals surface area contributed by atoms with Gasteiger partial charge in [0.15, 0.2) is 17.5 Å². The summed E-state index contributed by atoms with van der Waals surface area (Å²) >= 11 is 0. The molecule has 4 heterocycles. The van der Waals surface area contributed by atoms with Crippen molar-refractivity contribution in [3.8, 4) is 73.2 Å².